The van der Waals surface area contributed by atoms with E-state index in [1.54, 1.807) is 24.3 Å². The van der Waals surface area contributed by atoms with Crippen molar-refractivity contribution in [2.45, 2.75) is 33.7 Å². The van der Waals surface area contributed by atoms with Gasteiger partial charge in [0.1, 0.15) is 17.5 Å². The van der Waals surface area contributed by atoms with Gasteiger partial charge >= 0.3 is 0 Å². The van der Waals surface area contributed by atoms with Crippen molar-refractivity contribution in [3.8, 4) is 23.3 Å². The Morgan fingerprint density at radius 2 is 1.79 bits per heavy atom. The largest absolute Gasteiger partial charge is 0.490 e. The lowest BCUT2D eigenvalue weighted by atomic mass is 9.95. The van der Waals surface area contributed by atoms with Crippen LogP contribution in [0.5, 0.6) is 11.5 Å². The molecule has 1 amide bonds. The van der Waals surface area contributed by atoms with Crippen LogP contribution in [-0.2, 0) is 0 Å². The van der Waals surface area contributed by atoms with E-state index in [2.05, 4.69) is 24.3 Å². The first-order valence-electron chi connectivity index (χ1n) is 10.9. The van der Waals surface area contributed by atoms with Gasteiger partial charge < -0.3 is 20.5 Å². The summed E-state index contributed by atoms with van der Waals surface area (Å²) in [5.41, 5.74) is 8.37. The van der Waals surface area contributed by atoms with Crippen LogP contribution in [0, 0.1) is 17.2 Å². The van der Waals surface area contributed by atoms with Gasteiger partial charge in [0.25, 0.3) is 5.91 Å². The normalized spacial score (nSPS) is 11.6. The lowest BCUT2D eigenvalue weighted by Gasteiger charge is -2.24. The van der Waals surface area contributed by atoms with Gasteiger partial charge in [-0.2, -0.15) is 10.4 Å². The third-order valence-electron chi connectivity index (χ3n) is 5.18. The Morgan fingerprint density at radius 1 is 1.12 bits per heavy atom. The number of rotatable bonds is 9. The Kier molecular flexibility index (Phi) is 7.57. The number of amides is 1. The molecule has 33 heavy (non-hydrogen) atoms. The highest BCUT2D eigenvalue weighted by Crippen LogP contribution is 2.33. The quantitative estimate of drug-likeness (QED) is 0.507. The zero-order valence-corrected chi connectivity index (χ0v) is 19.3. The zero-order chi connectivity index (χ0) is 24.0. The first kappa shape index (κ1) is 23.7. The molecule has 0 aliphatic heterocycles. The Morgan fingerprint density at radius 3 is 2.36 bits per heavy atom. The maximum atomic E-state index is 13.0. The van der Waals surface area contributed by atoms with Crippen LogP contribution in [-0.4, -0.2) is 28.9 Å². The summed E-state index contributed by atoms with van der Waals surface area (Å²) in [6.45, 7) is 9.02. The number of aromatic nitrogens is 2. The van der Waals surface area contributed by atoms with Gasteiger partial charge in [0.15, 0.2) is 11.5 Å². The molecular weight excluding hydrogens is 418 g/mol. The highest BCUT2D eigenvalue weighted by atomic mass is 16.5. The third kappa shape index (κ3) is 5.26. The number of hydrogen-bond acceptors (Lipinski definition) is 6. The van der Waals surface area contributed by atoms with E-state index in [0.717, 1.165) is 5.56 Å². The average Bonchev–Trinajstić information content (AvgIpc) is 3.19. The van der Waals surface area contributed by atoms with Crippen molar-refractivity contribution in [2.75, 3.05) is 18.9 Å². The molecule has 3 rings (SSSR count). The lowest BCUT2D eigenvalue weighted by molar-refractivity contribution is 0.0925. The van der Waals surface area contributed by atoms with Gasteiger partial charge in [-0.15, -0.1) is 0 Å². The molecule has 0 saturated carbocycles. The van der Waals surface area contributed by atoms with Gasteiger partial charge in [-0.1, -0.05) is 19.9 Å². The number of benzene rings is 2. The Bertz CT molecular complexity index is 1150. The maximum absolute atomic E-state index is 13.0. The molecule has 3 aromatic rings. The van der Waals surface area contributed by atoms with Crippen LogP contribution in [0.25, 0.3) is 5.69 Å². The van der Waals surface area contributed by atoms with E-state index in [1.165, 1.54) is 10.9 Å². The maximum Gasteiger partial charge on any atom is 0.251 e. The fourth-order valence-electron chi connectivity index (χ4n) is 3.52. The molecular formula is C25H29N5O3. The minimum absolute atomic E-state index is 0.147. The van der Waals surface area contributed by atoms with Crippen LogP contribution < -0.4 is 20.5 Å². The molecule has 2 aromatic carbocycles. The second kappa shape index (κ2) is 10.6. The molecule has 8 nitrogen and oxygen atoms in total. The van der Waals surface area contributed by atoms with Crippen LogP contribution in [0.2, 0.25) is 0 Å². The molecule has 3 N–H and O–H groups in total. The summed E-state index contributed by atoms with van der Waals surface area (Å²) in [7, 11) is 0. The van der Waals surface area contributed by atoms with Gasteiger partial charge in [0.2, 0.25) is 0 Å². The van der Waals surface area contributed by atoms with E-state index in [1.807, 2.05) is 38.1 Å². The number of carbonyl (C=O) groups excluding carboxylic acids is 1. The minimum atomic E-state index is -0.216. The number of nitrogens with zero attached hydrogens (tertiary/aromatic N) is 3. The monoisotopic (exact) mass is 447 g/mol. The van der Waals surface area contributed by atoms with E-state index in [-0.39, 0.29) is 23.7 Å². The Hall–Kier alpha value is -3.99. The molecule has 172 valence electrons. The standard InChI is InChI=1S/C25H29N5O3/c1-5-32-21-12-9-18(13-22(21)33-6-2)23(16(3)4)29-25(31)17-7-10-20(11-8-17)30-24(27)19(14-26)15-28-30/h7-13,15-16,23H,5-6,27H2,1-4H3,(H,29,31). The molecule has 1 unspecified atom stereocenters. The van der Waals surface area contributed by atoms with Crippen LogP contribution in [0.1, 0.15) is 55.2 Å². The van der Waals surface area contributed by atoms with E-state index in [0.29, 0.717) is 41.5 Å². The number of ether oxygens (including phenoxy) is 2. The van der Waals surface area contributed by atoms with Gasteiger partial charge in [0.05, 0.1) is 31.1 Å². The van der Waals surface area contributed by atoms with Crippen molar-refractivity contribution < 1.29 is 14.3 Å². The summed E-state index contributed by atoms with van der Waals surface area (Å²) in [4.78, 5) is 13.0. The topological polar surface area (TPSA) is 115 Å². The van der Waals surface area contributed by atoms with Crippen LogP contribution >= 0.6 is 0 Å². The van der Waals surface area contributed by atoms with E-state index in [9.17, 15) is 4.79 Å². The summed E-state index contributed by atoms with van der Waals surface area (Å²) in [5, 5.41) is 16.3. The molecule has 8 heteroatoms. The van der Waals surface area contributed by atoms with Gasteiger partial charge in [-0.3, -0.25) is 4.79 Å². The molecule has 0 radical (unpaired) electrons. The second-order valence-electron chi connectivity index (χ2n) is 7.78. The fourth-order valence-corrected chi connectivity index (χ4v) is 3.52. The first-order chi connectivity index (χ1) is 15.9. The van der Waals surface area contributed by atoms with Crippen LogP contribution in [0.4, 0.5) is 5.82 Å². The van der Waals surface area contributed by atoms with Crippen LogP contribution in [0.15, 0.2) is 48.7 Å². The predicted molar refractivity (Wildman–Crippen MR) is 127 cm³/mol. The summed E-state index contributed by atoms with van der Waals surface area (Å²) >= 11 is 0. The lowest BCUT2D eigenvalue weighted by Crippen LogP contribution is -2.31. The molecule has 0 spiro atoms. The molecule has 0 bridgehead atoms. The fraction of sp³-hybridized carbons (Fsp3) is 0.320. The van der Waals surface area contributed by atoms with Gasteiger partial charge in [-0.05, 0) is 61.7 Å². The first-order valence-corrected chi connectivity index (χ1v) is 10.9. The summed E-state index contributed by atoms with van der Waals surface area (Å²) in [5.74, 6) is 1.56. The summed E-state index contributed by atoms with van der Waals surface area (Å²) < 4.78 is 12.9. The molecule has 0 aliphatic carbocycles. The van der Waals surface area contributed by atoms with E-state index < -0.39 is 0 Å². The van der Waals surface area contributed by atoms with Crippen molar-refractivity contribution in [1.29, 1.82) is 5.26 Å². The van der Waals surface area contributed by atoms with Gasteiger partial charge in [-0.25, -0.2) is 4.68 Å². The SMILES string of the molecule is CCOc1ccc(C(NC(=O)c2ccc(-n3ncc(C#N)c3N)cc2)C(C)C)cc1OCC. The van der Waals surface area contributed by atoms with Gasteiger partial charge in [0, 0.05) is 5.56 Å². The molecule has 1 heterocycles. The van der Waals surface area contributed by atoms with Crippen molar-refractivity contribution in [3.05, 3.63) is 65.4 Å². The van der Waals surface area contributed by atoms with Crippen molar-refractivity contribution in [1.82, 2.24) is 15.1 Å². The third-order valence-corrected chi connectivity index (χ3v) is 5.18. The number of anilines is 1. The number of nitriles is 1. The van der Waals surface area contributed by atoms with E-state index >= 15 is 0 Å². The molecule has 0 saturated heterocycles. The summed E-state index contributed by atoms with van der Waals surface area (Å²) in [6.07, 6.45) is 1.41. The highest BCUT2D eigenvalue weighted by Gasteiger charge is 2.21. The molecule has 0 aliphatic rings. The molecule has 0 fully saturated rings. The highest BCUT2D eigenvalue weighted by molar-refractivity contribution is 5.94. The van der Waals surface area contributed by atoms with Crippen molar-refractivity contribution in [2.24, 2.45) is 5.92 Å². The molecule has 1 aromatic heterocycles. The number of nitrogen functional groups attached to an aromatic ring is 1. The minimum Gasteiger partial charge on any atom is -0.490 e. The number of nitrogens with two attached hydrogens (primary N) is 1. The molecule has 1 atom stereocenters. The Labute approximate surface area is 193 Å². The number of nitrogens with one attached hydrogen (secondary N) is 1. The number of carbonyl (C=O) groups is 1. The smallest absolute Gasteiger partial charge is 0.251 e. The van der Waals surface area contributed by atoms with Crippen LogP contribution in [0.3, 0.4) is 0 Å². The van der Waals surface area contributed by atoms with Crippen molar-refractivity contribution >= 4 is 11.7 Å². The van der Waals surface area contributed by atoms with Crippen molar-refractivity contribution in [3.63, 3.8) is 0 Å². The number of hydrogen-bond donors (Lipinski definition) is 2. The predicted octanol–water partition coefficient (Wildman–Crippen LogP) is 4.25. The Balaban J connectivity index is 1.81. The van der Waals surface area contributed by atoms with E-state index in [4.69, 9.17) is 20.5 Å². The summed E-state index contributed by atoms with van der Waals surface area (Å²) in [6, 6.07) is 14.4. The zero-order valence-electron chi connectivity index (χ0n) is 19.3. The average molecular weight is 448 g/mol. The second-order valence-corrected chi connectivity index (χ2v) is 7.78.